The number of nitro benzene ring substituents is 1. The molecular weight excluding hydrogens is 876 g/mol. The van der Waals surface area contributed by atoms with Crippen molar-refractivity contribution in [3.8, 4) is 5.88 Å². The predicted molar refractivity (Wildman–Crippen MR) is 247 cm³/mol. The Bertz CT molecular complexity index is 2770. The van der Waals surface area contributed by atoms with Gasteiger partial charge in [0.25, 0.3) is 21.6 Å². The van der Waals surface area contributed by atoms with Gasteiger partial charge in [-0.25, -0.2) is 13.1 Å². The molecule has 0 saturated carbocycles. The summed E-state index contributed by atoms with van der Waals surface area (Å²) >= 11 is 6.26. The summed E-state index contributed by atoms with van der Waals surface area (Å²) in [5.74, 6) is -0.579. The van der Waals surface area contributed by atoms with E-state index >= 15 is 0 Å². The number of pyridine rings is 1. The second-order valence-electron chi connectivity index (χ2n) is 17.8. The van der Waals surface area contributed by atoms with Crippen molar-refractivity contribution in [2.24, 2.45) is 5.41 Å². The number of aromatic amines is 1. The van der Waals surface area contributed by atoms with Crippen molar-refractivity contribution in [1.29, 1.82) is 0 Å². The fraction of sp³-hybridized carbons (Fsp3) is 0.391. The monoisotopic (exact) mass is 926 g/mol. The molecule has 3 aliphatic heterocycles. The number of nitrogens with one attached hydrogen (secondary N) is 3. The first-order valence-corrected chi connectivity index (χ1v) is 23.5. The van der Waals surface area contributed by atoms with E-state index in [4.69, 9.17) is 21.1 Å². The summed E-state index contributed by atoms with van der Waals surface area (Å²) < 4.78 is 41.1. The van der Waals surface area contributed by atoms with Gasteiger partial charge in [0.2, 0.25) is 5.88 Å². The SMILES string of the molecule is CC1(C)CCC(CN2CCN(c3ccc(C(=O)NS(=O)(=O)c4ccc(NCC5OC(O)CC5O)c([N+](=O)[O-])c4)c(N4CCOc5nc6[nH]ccc6cc54)c3)CC2)=C(c2ccc(Cl)cc2)C1. The minimum atomic E-state index is -4.65. The number of halogens is 1. The van der Waals surface area contributed by atoms with Crippen molar-refractivity contribution in [1.82, 2.24) is 19.6 Å². The van der Waals surface area contributed by atoms with Crippen LogP contribution >= 0.6 is 11.6 Å². The fourth-order valence-electron chi connectivity index (χ4n) is 9.20. The van der Waals surface area contributed by atoms with E-state index in [9.17, 15) is 33.5 Å². The third-order valence-corrected chi connectivity index (χ3v) is 14.4. The van der Waals surface area contributed by atoms with Gasteiger partial charge in [0.15, 0.2) is 6.29 Å². The van der Waals surface area contributed by atoms with E-state index in [1.165, 1.54) is 22.8 Å². The Morgan fingerprint density at radius 1 is 1.02 bits per heavy atom. The van der Waals surface area contributed by atoms with Gasteiger partial charge in [-0.15, -0.1) is 0 Å². The zero-order valence-corrected chi connectivity index (χ0v) is 37.6. The molecule has 0 radical (unpaired) electrons. The normalized spacial score (nSPS) is 21.3. The van der Waals surface area contributed by atoms with Crippen molar-refractivity contribution in [2.45, 2.75) is 62.9 Å². The zero-order chi connectivity index (χ0) is 45.6. The number of amides is 1. The van der Waals surface area contributed by atoms with Crippen LogP contribution in [0.15, 0.2) is 89.5 Å². The average molecular weight is 927 g/mol. The van der Waals surface area contributed by atoms with E-state index < -0.39 is 49.9 Å². The standard InChI is InChI=1S/C46H51ClN8O9S/c1-46(2)13-11-30(35(25-46)28-3-5-31(47)6-4-28)27-52-15-17-53(18-16-52)32-7-9-34(37(22-32)54-19-20-63-45-39(54)21-29-12-14-48-43(29)50-45)44(58)51-65(61,62)33-8-10-36(38(23-33)55(59)60)49-26-41-40(56)24-42(57)64-41/h3-10,12,14,21-23,40-42,49,56-57H,11,13,15-20,24-27H2,1-2H3,(H,48,50)(H,51,58). The summed E-state index contributed by atoms with van der Waals surface area (Å²) in [6, 6.07) is 20.5. The molecule has 342 valence electrons. The second-order valence-corrected chi connectivity index (χ2v) is 19.9. The molecule has 65 heavy (non-hydrogen) atoms. The maximum Gasteiger partial charge on any atom is 0.293 e. The lowest BCUT2D eigenvalue weighted by atomic mass is 9.72. The number of sulfonamides is 1. The van der Waals surface area contributed by atoms with E-state index in [2.05, 4.69) is 55.8 Å². The highest BCUT2D eigenvalue weighted by Crippen LogP contribution is 2.44. The number of nitrogens with zero attached hydrogens (tertiary/aromatic N) is 5. The summed E-state index contributed by atoms with van der Waals surface area (Å²) in [5, 5.41) is 36.3. The molecule has 3 atom stereocenters. The van der Waals surface area contributed by atoms with Gasteiger partial charge in [0, 0.05) is 74.0 Å². The van der Waals surface area contributed by atoms with Crippen LogP contribution in [0.2, 0.25) is 5.02 Å². The Hall–Kier alpha value is -5.76. The van der Waals surface area contributed by atoms with Crippen LogP contribution in [-0.2, 0) is 14.8 Å². The summed E-state index contributed by atoms with van der Waals surface area (Å²) in [4.78, 5) is 39.6. The number of aromatic nitrogens is 2. The first-order valence-electron chi connectivity index (χ1n) is 21.7. The minimum Gasteiger partial charge on any atom is -0.474 e. The quantitative estimate of drug-likeness (QED) is 0.0673. The van der Waals surface area contributed by atoms with Crippen molar-refractivity contribution in [2.75, 3.05) is 67.5 Å². The number of allylic oxidation sites excluding steroid dienone is 1. The highest BCUT2D eigenvalue weighted by Gasteiger charge is 2.35. The topological polar surface area (TPSA) is 216 Å². The number of aliphatic hydroxyl groups is 2. The molecule has 0 bridgehead atoms. The lowest BCUT2D eigenvalue weighted by molar-refractivity contribution is -0.384. The molecule has 2 saturated heterocycles. The van der Waals surface area contributed by atoms with Crippen LogP contribution in [0.4, 0.5) is 28.4 Å². The third kappa shape index (κ3) is 9.50. The number of ether oxygens (including phenoxy) is 2. The van der Waals surface area contributed by atoms with Crippen molar-refractivity contribution < 1.29 is 37.8 Å². The van der Waals surface area contributed by atoms with Crippen LogP contribution in [0.25, 0.3) is 16.6 Å². The number of piperazine rings is 1. The van der Waals surface area contributed by atoms with Gasteiger partial charge in [-0.2, -0.15) is 4.98 Å². The van der Waals surface area contributed by atoms with E-state index in [1.54, 1.807) is 12.3 Å². The number of hydrogen-bond donors (Lipinski definition) is 5. The van der Waals surface area contributed by atoms with Gasteiger partial charge in [0.05, 0.1) is 33.7 Å². The Labute approximate surface area is 381 Å². The lowest BCUT2D eigenvalue weighted by Crippen LogP contribution is -2.47. The Morgan fingerprint density at radius 3 is 2.54 bits per heavy atom. The highest BCUT2D eigenvalue weighted by molar-refractivity contribution is 7.90. The van der Waals surface area contributed by atoms with Crippen molar-refractivity contribution in [3.63, 3.8) is 0 Å². The smallest absolute Gasteiger partial charge is 0.293 e. The van der Waals surface area contributed by atoms with Gasteiger partial charge in [-0.1, -0.05) is 43.2 Å². The second kappa shape index (κ2) is 17.9. The van der Waals surface area contributed by atoms with Crippen LogP contribution in [-0.4, -0.2) is 115 Å². The van der Waals surface area contributed by atoms with Crippen LogP contribution < -0.4 is 24.6 Å². The first-order chi connectivity index (χ1) is 31.1. The maximum absolute atomic E-state index is 14.3. The number of fused-ring (bicyclic) bond motifs is 2. The van der Waals surface area contributed by atoms with Gasteiger partial charge < -0.3 is 39.8 Å². The van der Waals surface area contributed by atoms with Crippen LogP contribution in [0, 0.1) is 15.5 Å². The van der Waals surface area contributed by atoms with E-state index in [0.717, 1.165) is 80.2 Å². The van der Waals surface area contributed by atoms with Crippen molar-refractivity contribution >= 4 is 72.6 Å². The summed E-state index contributed by atoms with van der Waals surface area (Å²) in [7, 11) is -4.65. The molecule has 5 N–H and O–H groups in total. The molecule has 5 heterocycles. The zero-order valence-electron chi connectivity index (χ0n) is 36.0. The van der Waals surface area contributed by atoms with Gasteiger partial charge >= 0.3 is 0 Å². The number of rotatable bonds is 12. The van der Waals surface area contributed by atoms with Crippen LogP contribution in [0.1, 0.15) is 55.5 Å². The molecular formula is C46H51ClN8O9S. The van der Waals surface area contributed by atoms with Crippen LogP contribution in [0.3, 0.4) is 0 Å². The van der Waals surface area contributed by atoms with Gasteiger partial charge in [0.1, 0.15) is 29.7 Å². The van der Waals surface area contributed by atoms with Crippen LogP contribution in [0.5, 0.6) is 5.88 Å². The van der Waals surface area contributed by atoms with Gasteiger partial charge in [-0.3, -0.25) is 19.8 Å². The molecule has 19 heteroatoms. The lowest BCUT2D eigenvalue weighted by Gasteiger charge is -2.39. The van der Waals surface area contributed by atoms with E-state index in [-0.39, 0.29) is 36.2 Å². The molecule has 3 unspecified atom stereocenters. The molecule has 9 rings (SSSR count). The number of aliphatic hydroxyl groups excluding tert-OH is 2. The first kappa shape index (κ1) is 44.4. The number of nitro groups is 1. The highest BCUT2D eigenvalue weighted by atomic mass is 35.5. The number of hydrogen-bond acceptors (Lipinski definition) is 14. The number of carbonyl (C=O) groups is 1. The number of benzene rings is 3. The molecule has 2 fully saturated rings. The Kier molecular flexibility index (Phi) is 12.2. The third-order valence-electron chi connectivity index (χ3n) is 12.8. The Balaban J connectivity index is 0.974. The molecule has 3 aromatic carbocycles. The molecule has 4 aliphatic rings. The molecule has 5 aromatic rings. The van der Waals surface area contributed by atoms with E-state index in [0.29, 0.717) is 29.4 Å². The predicted octanol–water partition coefficient (Wildman–Crippen LogP) is 6.44. The molecule has 2 aromatic heterocycles. The maximum atomic E-state index is 14.3. The molecule has 1 amide bonds. The van der Waals surface area contributed by atoms with E-state index in [1.807, 2.05) is 41.3 Å². The molecule has 1 aliphatic carbocycles. The molecule has 17 nitrogen and oxygen atoms in total. The Morgan fingerprint density at radius 2 is 1.80 bits per heavy atom. The summed E-state index contributed by atoms with van der Waals surface area (Å²) in [5.41, 5.74) is 6.27. The number of H-pyrrole nitrogens is 1. The molecule has 0 spiro atoms. The van der Waals surface area contributed by atoms with Crippen molar-refractivity contribution in [3.05, 3.63) is 111 Å². The number of carbonyl (C=O) groups excluding carboxylic acids is 1. The van der Waals surface area contributed by atoms with Gasteiger partial charge in [-0.05, 0) is 90.4 Å². The minimum absolute atomic E-state index is 0.0102. The summed E-state index contributed by atoms with van der Waals surface area (Å²) in [6.07, 6.45) is 1.92. The fourth-order valence-corrected chi connectivity index (χ4v) is 10.3. The summed E-state index contributed by atoms with van der Waals surface area (Å²) in [6.45, 7) is 9.09. The largest absolute Gasteiger partial charge is 0.474 e. The number of anilines is 4. The average Bonchev–Trinajstić information content (AvgIpc) is 3.88.